The van der Waals surface area contributed by atoms with Gasteiger partial charge in [-0.2, -0.15) is 5.10 Å². The van der Waals surface area contributed by atoms with Gasteiger partial charge in [-0.15, -0.1) is 5.10 Å². The zero-order chi connectivity index (χ0) is 15.2. The van der Waals surface area contributed by atoms with Gasteiger partial charge in [-0.05, 0) is 47.6 Å². The summed E-state index contributed by atoms with van der Waals surface area (Å²) in [5.41, 5.74) is 0.830. The fourth-order valence-corrected chi connectivity index (χ4v) is 1.37. The predicted octanol–water partition coefficient (Wildman–Crippen LogP) is 2.56. The first-order valence-corrected chi connectivity index (χ1v) is 7.00. The Morgan fingerprint density at radius 1 is 1.00 bits per heavy atom. The Morgan fingerprint density at radius 2 is 1.70 bits per heavy atom. The van der Waals surface area contributed by atoms with Crippen LogP contribution in [-0.4, -0.2) is 34.6 Å². The van der Waals surface area contributed by atoms with E-state index in [1.807, 2.05) is 32.9 Å². The first-order chi connectivity index (χ1) is 9.16. The van der Waals surface area contributed by atoms with Crippen LogP contribution in [0.25, 0.3) is 0 Å². The molecule has 0 radical (unpaired) electrons. The first-order valence-electron chi connectivity index (χ1n) is 7.00. The molecule has 0 fully saturated rings. The molecular formula is C15H27N3O2. The summed E-state index contributed by atoms with van der Waals surface area (Å²) >= 11 is 0. The van der Waals surface area contributed by atoms with Crippen molar-refractivity contribution in [2.24, 2.45) is 0 Å². The molecule has 20 heavy (non-hydrogen) atoms. The van der Waals surface area contributed by atoms with Gasteiger partial charge in [0.1, 0.15) is 6.61 Å². The molecule has 114 valence electrons. The minimum Gasteiger partial charge on any atom is -0.474 e. The lowest BCUT2D eigenvalue weighted by Crippen LogP contribution is -2.35. The summed E-state index contributed by atoms with van der Waals surface area (Å²) in [7, 11) is 0. The second-order valence-corrected chi connectivity index (χ2v) is 6.78. The second kappa shape index (κ2) is 6.99. The van der Waals surface area contributed by atoms with Crippen molar-refractivity contribution in [3.8, 4) is 5.88 Å². The van der Waals surface area contributed by atoms with Gasteiger partial charge in [-0.25, -0.2) is 0 Å². The SMILES string of the molecule is CC(C)(C)NCc1ccc(OCCOC(C)(C)C)nn1. The number of rotatable bonds is 6. The summed E-state index contributed by atoms with van der Waals surface area (Å²) in [6.07, 6.45) is 0. The van der Waals surface area contributed by atoms with E-state index in [1.165, 1.54) is 0 Å². The number of nitrogens with one attached hydrogen (secondary N) is 1. The number of nitrogens with zero attached hydrogens (tertiary/aromatic N) is 2. The maximum absolute atomic E-state index is 5.57. The van der Waals surface area contributed by atoms with Gasteiger partial charge < -0.3 is 14.8 Å². The zero-order valence-corrected chi connectivity index (χ0v) is 13.5. The quantitative estimate of drug-likeness (QED) is 0.812. The summed E-state index contributed by atoms with van der Waals surface area (Å²) in [5.74, 6) is 0.530. The first kappa shape index (κ1) is 16.9. The smallest absolute Gasteiger partial charge is 0.233 e. The van der Waals surface area contributed by atoms with Crippen LogP contribution in [0.1, 0.15) is 47.2 Å². The Balaban J connectivity index is 2.32. The summed E-state index contributed by atoms with van der Waals surface area (Å²) in [4.78, 5) is 0. The number of hydrogen-bond donors (Lipinski definition) is 1. The maximum atomic E-state index is 5.57. The van der Waals surface area contributed by atoms with E-state index in [0.29, 0.717) is 25.6 Å². The molecule has 0 aliphatic carbocycles. The van der Waals surface area contributed by atoms with Crippen molar-refractivity contribution < 1.29 is 9.47 Å². The van der Waals surface area contributed by atoms with E-state index in [2.05, 4.69) is 36.3 Å². The van der Waals surface area contributed by atoms with E-state index >= 15 is 0 Å². The third kappa shape index (κ3) is 8.07. The van der Waals surface area contributed by atoms with Crippen LogP contribution in [-0.2, 0) is 11.3 Å². The van der Waals surface area contributed by atoms with Crippen molar-refractivity contribution in [3.63, 3.8) is 0 Å². The van der Waals surface area contributed by atoms with E-state index in [-0.39, 0.29) is 11.1 Å². The molecule has 1 heterocycles. The van der Waals surface area contributed by atoms with Gasteiger partial charge >= 0.3 is 0 Å². The fourth-order valence-electron chi connectivity index (χ4n) is 1.37. The molecular weight excluding hydrogens is 254 g/mol. The normalized spacial score (nSPS) is 12.5. The van der Waals surface area contributed by atoms with Crippen LogP contribution in [0, 0.1) is 0 Å². The van der Waals surface area contributed by atoms with E-state index in [0.717, 1.165) is 5.69 Å². The number of ether oxygens (including phenoxy) is 2. The van der Waals surface area contributed by atoms with Gasteiger partial charge in [0.15, 0.2) is 0 Å². The van der Waals surface area contributed by atoms with Gasteiger partial charge in [0.25, 0.3) is 0 Å². The van der Waals surface area contributed by atoms with Crippen LogP contribution in [0.4, 0.5) is 0 Å². The van der Waals surface area contributed by atoms with Crippen molar-refractivity contribution in [2.75, 3.05) is 13.2 Å². The molecule has 0 aromatic carbocycles. The minimum absolute atomic E-state index is 0.0706. The van der Waals surface area contributed by atoms with Crippen LogP contribution < -0.4 is 10.1 Å². The summed E-state index contributed by atoms with van der Waals surface area (Å²) in [5, 5.41) is 11.5. The van der Waals surface area contributed by atoms with Gasteiger partial charge in [-0.3, -0.25) is 0 Å². The molecule has 0 bridgehead atoms. The molecule has 0 saturated heterocycles. The minimum atomic E-state index is -0.141. The molecule has 0 spiro atoms. The summed E-state index contributed by atoms with van der Waals surface area (Å²) in [6.45, 7) is 14.1. The van der Waals surface area contributed by atoms with Gasteiger partial charge in [0.05, 0.1) is 17.9 Å². The zero-order valence-electron chi connectivity index (χ0n) is 13.5. The monoisotopic (exact) mass is 281 g/mol. The topological polar surface area (TPSA) is 56.3 Å². The largest absolute Gasteiger partial charge is 0.474 e. The molecule has 5 nitrogen and oxygen atoms in total. The Morgan fingerprint density at radius 3 is 2.20 bits per heavy atom. The van der Waals surface area contributed by atoms with Crippen LogP contribution in [0.15, 0.2) is 12.1 Å². The van der Waals surface area contributed by atoms with E-state index in [4.69, 9.17) is 9.47 Å². The number of aromatic nitrogens is 2. The van der Waals surface area contributed by atoms with Crippen molar-refractivity contribution in [1.82, 2.24) is 15.5 Å². The maximum Gasteiger partial charge on any atom is 0.233 e. The van der Waals surface area contributed by atoms with Crippen molar-refractivity contribution >= 4 is 0 Å². The standard InChI is InChI=1S/C15H27N3O2/c1-14(2,3)16-11-12-7-8-13(18-17-12)19-9-10-20-15(4,5)6/h7-8,16H,9-11H2,1-6H3. The highest BCUT2D eigenvalue weighted by atomic mass is 16.5. The lowest BCUT2D eigenvalue weighted by atomic mass is 10.1. The molecule has 0 aliphatic rings. The highest BCUT2D eigenvalue weighted by Gasteiger charge is 2.10. The predicted molar refractivity (Wildman–Crippen MR) is 79.8 cm³/mol. The van der Waals surface area contributed by atoms with Crippen LogP contribution in [0.5, 0.6) is 5.88 Å². The highest BCUT2D eigenvalue weighted by molar-refractivity contribution is 5.11. The molecule has 0 amide bonds. The Labute approximate surface area is 122 Å². The molecule has 1 aromatic heterocycles. The average molecular weight is 281 g/mol. The van der Waals surface area contributed by atoms with E-state index in [1.54, 1.807) is 0 Å². The van der Waals surface area contributed by atoms with Crippen LogP contribution in [0.3, 0.4) is 0 Å². The molecule has 0 atom stereocenters. The lowest BCUT2D eigenvalue weighted by molar-refractivity contribution is -0.0169. The third-order valence-electron chi connectivity index (χ3n) is 2.36. The van der Waals surface area contributed by atoms with Gasteiger partial charge in [0.2, 0.25) is 5.88 Å². The van der Waals surface area contributed by atoms with Crippen LogP contribution >= 0.6 is 0 Å². The summed E-state index contributed by atoms with van der Waals surface area (Å²) in [6, 6.07) is 3.76. The van der Waals surface area contributed by atoms with Crippen molar-refractivity contribution in [2.45, 2.75) is 59.2 Å². The van der Waals surface area contributed by atoms with E-state index in [9.17, 15) is 0 Å². The average Bonchev–Trinajstić information content (AvgIpc) is 2.31. The third-order valence-corrected chi connectivity index (χ3v) is 2.36. The summed E-state index contributed by atoms with van der Waals surface area (Å²) < 4.78 is 11.1. The van der Waals surface area contributed by atoms with Crippen molar-refractivity contribution in [1.29, 1.82) is 0 Å². The molecule has 1 N–H and O–H groups in total. The molecule has 1 rings (SSSR count). The van der Waals surface area contributed by atoms with Gasteiger partial charge in [0, 0.05) is 18.2 Å². The highest BCUT2D eigenvalue weighted by Crippen LogP contribution is 2.08. The molecule has 0 saturated carbocycles. The van der Waals surface area contributed by atoms with Crippen molar-refractivity contribution in [3.05, 3.63) is 17.8 Å². The second-order valence-electron chi connectivity index (χ2n) is 6.78. The molecule has 5 heteroatoms. The molecule has 0 aliphatic heterocycles. The lowest BCUT2D eigenvalue weighted by Gasteiger charge is -2.20. The van der Waals surface area contributed by atoms with Crippen LogP contribution in [0.2, 0.25) is 0 Å². The molecule has 0 unspecified atom stereocenters. The van der Waals surface area contributed by atoms with E-state index < -0.39 is 0 Å². The molecule has 1 aromatic rings. The Hall–Kier alpha value is -1.20. The number of hydrogen-bond acceptors (Lipinski definition) is 5. The Bertz CT molecular complexity index is 391. The Kier molecular flexibility index (Phi) is 5.89. The van der Waals surface area contributed by atoms with Gasteiger partial charge in [-0.1, -0.05) is 0 Å². The fraction of sp³-hybridized carbons (Fsp3) is 0.733.